The number of aromatic nitrogens is 3. The van der Waals surface area contributed by atoms with Crippen molar-refractivity contribution in [2.45, 2.75) is 44.4 Å². The Labute approximate surface area is 303 Å². The van der Waals surface area contributed by atoms with Gasteiger partial charge in [-0.15, -0.1) is 0 Å². The summed E-state index contributed by atoms with van der Waals surface area (Å²) in [4.78, 5) is 76.8. The number of nitrogens with zero attached hydrogens (tertiary/aromatic N) is 6. The fourth-order valence-corrected chi connectivity index (χ4v) is 7.15. The van der Waals surface area contributed by atoms with E-state index in [1.807, 2.05) is 36.4 Å². The van der Waals surface area contributed by atoms with Crippen LogP contribution < -0.4 is 31.1 Å². The number of piperidine rings is 1. The molecule has 2 saturated heterocycles. The number of amides is 4. The van der Waals surface area contributed by atoms with Crippen LogP contribution in [0.4, 0.5) is 17.5 Å². The molecule has 0 bridgehead atoms. The molecule has 2 aromatic heterocycles. The van der Waals surface area contributed by atoms with E-state index in [9.17, 15) is 24.0 Å². The Morgan fingerprint density at radius 1 is 1.12 bits per heavy atom. The summed E-state index contributed by atoms with van der Waals surface area (Å²) in [6.45, 7) is 2.18. The summed E-state index contributed by atoms with van der Waals surface area (Å²) < 4.78 is 6.96. The van der Waals surface area contributed by atoms with Gasteiger partial charge in [-0.2, -0.15) is 4.98 Å². The van der Waals surface area contributed by atoms with Crippen molar-refractivity contribution in [2.24, 2.45) is 7.05 Å². The van der Waals surface area contributed by atoms with Crippen LogP contribution in [0.15, 0.2) is 53.5 Å². The van der Waals surface area contributed by atoms with E-state index < -0.39 is 11.9 Å². The molecule has 2 fully saturated rings. The van der Waals surface area contributed by atoms with Crippen molar-refractivity contribution in [1.29, 1.82) is 0 Å². The fourth-order valence-electron chi connectivity index (χ4n) is 7.01. The van der Waals surface area contributed by atoms with Gasteiger partial charge in [-0.05, 0) is 61.3 Å². The average molecular weight is 728 g/mol. The molecule has 3 N–H and O–H groups in total. The molecule has 1 unspecified atom stereocenters. The maximum Gasteiger partial charge on any atom is 0.293 e. The van der Waals surface area contributed by atoms with Crippen molar-refractivity contribution in [2.75, 3.05) is 44.0 Å². The van der Waals surface area contributed by atoms with Crippen molar-refractivity contribution in [1.82, 2.24) is 35.0 Å². The number of hydrogen-bond acceptors (Lipinski definition) is 11. The van der Waals surface area contributed by atoms with Crippen molar-refractivity contribution in [3.05, 3.63) is 80.7 Å². The van der Waals surface area contributed by atoms with Gasteiger partial charge in [0.05, 0.1) is 11.7 Å². The number of aryl methyl sites for hydroxylation is 1. The lowest BCUT2D eigenvalue weighted by molar-refractivity contribution is -0.137. The molecule has 2 aromatic carbocycles. The quantitative estimate of drug-likeness (QED) is 0.205. The van der Waals surface area contributed by atoms with Gasteiger partial charge in [-0.3, -0.25) is 34.2 Å². The minimum atomic E-state index is -0.640. The summed E-state index contributed by atoms with van der Waals surface area (Å²) >= 11 is 6.54. The Hall–Kier alpha value is -5.54. The second kappa shape index (κ2) is 14.2. The standard InChI is InChI=1S/C36H38ClN9O6/c1-38-31(48)19-52-29-14-21-13-23(5-7-27(21)44(3)35(29)51)40-32-26(37)15-39-36(42-32)45-11-10-24(18-45)43(2)16-20-4-6-25-22(12-20)17-46(34(25)50)28-8-9-30(47)41-33(28)49/h4-7,12-15,24,28H,8-11,16-19H2,1-3H3,(H,38,48)(H,39,40,42)(H,41,47,49)/t24-,28?/m1/s1. The third kappa shape index (κ3) is 6.88. The highest BCUT2D eigenvalue weighted by atomic mass is 35.5. The summed E-state index contributed by atoms with van der Waals surface area (Å²) in [7, 11) is 5.21. The van der Waals surface area contributed by atoms with Gasteiger partial charge in [0.1, 0.15) is 11.1 Å². The lowest BCUT2D eigenvalue weighted by Gasteiger charge is -2.29. The molecule has 16 heteroatoms. The van der Waals surface area contributed by atoms with E-state index in [1.165, 1.54) is 11.6 Å². The second-order valence-corrected chi connectivity index (χ2v) is 13.7. The minimum absolute atomic E-state index is 0.0642. The van der Waals surface area contributed by atoms with Crippen LogP contribution in [-0.2, 0) is 34.5 Å². The smallest absolute Gasteiger partial charge is 0.293 e. The highest BCUT2D eigenvalue weighted by molar-refractivity contribution is 6.33. The summed E-state index contributed by atoms with van der Waals surface area (Å²) in [5, 5.41) is 9.17. The first kappa shape index (κ1) is 34.9. The SMILES string of the molecule is CNC(=O)COc1cc2cc(Nc3nc(N4CC[C@@H](N(C)Cc5ccc6c(c5)CN(C5CCC(=O)NC5=O)C6=O)C4)ncc3Cl)ccc2n(C)c1=O. The van der Waals surface area contributed by atoms with Crippen molar-refractivity contribution < 1.29 is 23.9 Å². The zero-order valence-electron chi connectivity index (χ0n) is 28.9. The maximum atomic E-state index is 13.1. The second-order valence-electron chi connectivity index (χ2n) is 13.3. The van der Waals surface area contributed by atoms with Gasteiger partial charge < -0.3 is 29.7 Å². The molecular formula is C36H38ClN9O6. The Kier molecular flexibility index (Phi) is 9.55. The number of hydrogen-bond donors (Lipinski definition) is 3. The molecule has 0 saturated carbocycles. The first-order chi connectivity index (χ1) is 25.0. The van der Waals surface area contributed by atoms with E-state index in [1.54, 1.807) is 24.2 Å². The summed E-state index contributed by atoms with van der Waals surface area (Å²) in [5.41, 5.74) is 3.56. The number of halogens is 1. The fraction of sp³-hybridized carbons (Fsp3) is 0.361. The van der Waals surface area contributed by atoms with E-state index >= 15 is 0 Å². The van der Waals surface area contributed by atoms with Gasteiger partial charge in [-0.1, -0.05) is 23.7 Å². The molecular weight excluding hydrogens is 690 g/mol. The highest BCUT2D eigenvalue weighted by Crippen LogP contribution is 2.31. The van der Waals surface area contributed by atoms with E-state index in [0.717, 1.165) is 29.5 Å². The zero-order chi connectivity index (χ0) is 36.7. The number of carbonyl (C=O) groups excluding carboxylic acids is 4. The van der Waals surface area contributed by atoms with Crippen LogP contribution >= 0.6 is 11.6 Å². The molecule has 0 aliphatic carbocycles. The van der Waals surface area contributed by atoms with Crippen LogP contribution in [-0.4, -0.2) is 93.8 Å². The molecule has 15 nitrogen and oxygen atoms in total. The normalized spacial score (nSPS) is 18.6. The summed E-state index contributed by atoms with van der Waals surface area (Å²) in [5.74, 6) is -0.210. The molecule has 2 atom stereocenters. The van der Waals surface area contributed by atoms with Gasteiger partial charge in [0.15, 0.2) is 18.2 Å². The third-order valence-corrected chi connectivity index (χ3v) is 10.2. The average Bonchev–Trinajstić information content (AvgIpc) is 3.75. The lowest BCUT2D eigenvalue weighted by atomic mass is 10.0. The molecule has 0 radical (unpaired) electrons. The summed E-state index contributed by atoms with van der Waals surface area (Å²) in [6, 6.07) is 12.5. The lowest BCUT2D eigenvalue weighted by Crippen LogP contribution is -2.52. The van der Waals surface area contributed by atoms with Crippen LogP contribution in [0.25, 0.3) is 10.9 Å². The van der Waals surface area contributed by atoms with Crippen LogP contribution in [0.5, 0.6) is 5.75 Å². The number of pyridine rings is 1. The Bertz CT molecular complexity index is 2170. The number of rotatable bonds is 10. The van der Waals surface area contributed by atoms with Gasteiger partial charge in [-0.25, -0.2) is 4.98 Å². The predicted octanol–water partition coefficient (Wildman–Crippen LogP) is 2.32. The molecule has 4 amide bonds. The van der Waals surface area contributed by atoms with Crippen LogP contribution in [0.2, 0.25) is 5.02 Å². The Morgan fingerprint density at radius 3 is 2.73 bits per heavy atom. The van der Waals surface area contributed by atoms with E-state index in [-0.39, 0.29) is 48.1 Å². The third-order valence-electron chi connectivity index (χ3n) is 9.91. The van der Waals surface area contributed by atoms with Gasteiger partial charge >= 0.3 is 0 Å². The number of ether oxygens (including phenoxy) is 1. The zero-order valence-corrected chi connectivity index (χ0v) is 29.7. The molecule has 270 valence electrons. The van der Waals surface area contributed by atoms with Gasteiger partial charge in [0.25, 0.3) is 17.4 Å². The van der Waals surface area contributed by atoms with E-state index in [2.05, 4.69) is 37.8 Å². The number of benzene rings is 2. The highest BCUT2D eigenvalue weighted by Gasteiger charge is 2.39. The number of nitrogens with one attached hydrogen (secondary N) is 3. The molecule has 4 aromatic rings. The topological polar surface area (TPSA) is 171 Å². The largest absolute Gasteiger partial charge is 0.478 e. The van der Waals surface area contributed by atoms with Crippen LogP contribution in [0.3, 0.4) is 0 Å². The number of fused-ring (bicyclic) bond motifs is 2. The van der Waals surface area contributed by atoms with Crippen molar-refractivity contribution in [3.8, 4) is 5.75 Å². The van der Waals surface area contributed by atoms with Crippen molar-refractivity contribution >= 4 is 63.6 Å². The molecule has 5 heterocycles. The minimum Gasteiger partial charge on any atom is -0.478 e. The maximum absolute atomic E-state index is 13.1. The number of anilines is 3. The monoisotopic (exact) mass is 727 g/mol. The van der Waals surface area contributed by atoms with Crippen LogP contribution in [0.1, 0.15) is 40.7 Å². The number of likely N-dealkylation sites (N-methyl/N-ethyl adjacent to an activating group) is 2. The first-order valence-electron chi connectivity index (χ1n) is 17.0. The molecule has 0 spiro atoms. The molecule has 52 heavy (non-hydrogen) atoms. The molecule has 3 aliphatic heterocycles. The van der Waals surface area contributed by atoms with Gasteiger partial charge in [0, 0.05) is 69.4 Å². The van der Waals surface area contributed by atoms with Gasteiger partial charge in [0.2, 0.25) is 17.8 Å². The van der Waals surface area contributed by atoms with E-state index in [4.69, 9.17) is 21.3 Å². The molecule has 3 aliphatic rings. The van der Waals surface area contributed by atoms with Crippen molar-refractivity contribution in [3.63, 3.8) is 0 Å². The Balaban J connectivity index is 1.00. The number of imide groups is 1. The summed E-state index contributed by atoms with van der Waals surface area (Å²) in [6.07, 6.45) is 3.02. The van der Waals surface area contributed by atoms with Crippen LogP contribution in [0, 0.1) is 0 Å². The Morgan fingerprint density at radius 2 is 1.94 bits per heavy atom. The predicted molar refractivity (Wildman–Crippen MR) is 194 cm³/mol. The first-order valence-corrected chi connectivity index (χ1v) is 17.3. The molecule has 7 rings (SSSR count). The van der Waals surface area contributed by atoms with E-state index in [0.29, 0.717) is 59.6 Å². The number of carbonyl (C=O) groups is 4.